The molecule has 5 nitrogen and oxygen atoms in total. The number of carbonyl (C=O) groups is 1. The zero-order valence-corrected chi connectivity index (χ0v) is 11.7. The van der Waals surface area contributed by atoms with Crippen LogP contribution in [0.3, 0.4) is 0 Å². The number of aromatic nitrogens is 1. The van der Waals surface area contributed by atoms with Crippen LogP contribution in [0.5, 0.6) is 0 Å². The normalized spacial score (nSPS) is 9.95. The van der Waals surface area contributed by atoms with Crippen molar-refractivity contribution in [2.75, 3.05) is 40.8 Å². The van der Waals surface area contributed by atoms with Gasteiger partial charge < -0.3 is 15.5 Å². The van der Waals surface area contributed by atoms with Crippen LogP contribution in [-0.4, -0.2) is 61.5 Å². The van der Waals surface area contributed by atoms with E-state index in [9.17, 15) is 4.79 Å². The summed E-state index contributed by atoms with van der Waals surface area (Å²) in [6, 6.07) is 1.69. The number of rotatable bonds is 4. The van der Waals surface area contributed by atoms with E-state index >= 15 is 0 Å². The zero-order chi connectivity index (χ0) is 14.3. The minimum Gasteiger partial charge on any atom is -0.340 e. The standard InChI is InChI=1S/C14H20N4O/c1-17(2)9-10-18(3)14(19)13-6-8-16-11-12(13)5-4-7-15/h6,8,11H,7,9-10,15H2,1-3H3. The van der Waals surface area contributed by atoms with Gasteiger partial charge in [-0.05, 0) is 20.2 Å². The maximum atomic E-state index is 12.3. The molecule has 2 N–H and O–H groups in total. The van der Waals surface area contributed by atoms with Gasteiger partial charge in [-0.15, -0.1) is 0 Å². The van der Waals surface area contributed by atoms with E-state index in [1.807, 2.05) is 19.0 Å². The van der Waals surface area contributed by atoms with Gasteiger partial charge >= 0.3 is 0 Å². The summed E-state index contributed by atoms with van der Waals surface area (Å²) in [4.78, 5) is 20.0. The number of pyridine rings is 1. The molecule has 0 saturated carbocycles. The smallest absolute Gasteiger partial charge is 0.255 e. The fraction of sp³-hybridized carbons (Fsp3) is 0.429. The Morgan fingerprint density at radius 1 is 1.37 bits per heavy atom. The van der Waals surface area contributed by atoms with E-state index in [4.69, 9.17) is 5.73 Å². The molecule has 102 valence electrons. The number of amides is 1. The highest BCUT2D eigenvalue weighted by Crippen LogP contribution is 2.08. The van der Waals surface area contributed by atoms with Crippen LogP contribution in [0.25, 0.3) is 0 Å². The number of likely N-dealkylation sites (N-methyl/N-ethyl adjacent to an activating group) is 2. The number of nitrogens with two attached hydrogens (primary N) is 1. The molecule has 0 atom stereocenters. The van der Waals surface area contributed by atoms with Crippen LogP contribution in [0.4, 0.5) is 0 Å². The topological polar surface area (TPSA) is 62.5 Å². The van der Waals surface area contributed by atoms with Crippen molar-refractivity contribution in [1.82, 2.24) is 14.8 Å². The summed E-state index contributed by atoms with van der Waals surface area (Å²) >= 11 is 0. The first-order chi connectivity index (χ1) is 9.06. The van der Waals surface area contributed by atoms with Crippen LogP contribution >= 0.6 is 0 Å². The highest BCUT2D eigenvalue weighted by atomic mass is 16.2. The van der Waals surface area contributed by atoms with Gasteiger partial charge in [0, 0.05) is 32.5 Å². The summed E-state index contributed by atoms with van der Waals surface area (Å²) in [5, 5.41) is 0. The molecule has 0 radical (unpaired) electrons. The van der Waals surface area contributed by atoms with Gasteiger partial charge in [-0.25, -0.2) is 0 Å². The SMILES string of the molecule is CN(C)CCN(C)C(=O)c1ccncc1C#CCN. The van der Waals surface area contributed by atoms with Crippen molar-refractivity contribution >= 4 is 5.91 Å². The number of hydrogen-bond donors (Lipinski definition) is 1. The van der Waals surface area contributed by atoms with E-state index < -0.39 is 0 Å². The molecule has 1 aromatic heterocycles. The van der Waals surface area contributed by atoms with E-state index in [2.05, 4.69) is 16.8 Å². The van der Waals surface area contributed by atoms with E-state index in [0.29, 0.717) is 17.7 Å². The Hall–Kier alpha value is -1.90. The Morgan fingerprint density at radius 3 is 2.74 bits per heavy atom. The van der Waals surface area contributed by atoms with E-state index in [1.165, 1.54) is 0 Å². The first-order valence-electron chi connectivity index (χ1n) is 6.09. The molecule has 0 saturated heterocycles. The van der Waals surface area contributed by atoms with Crippen molar-refractivity contribution in [2.24, 2.45) is 5.73 Å². The molecule has 0 bridgehead atoms. The van der Waals surface area contributed by atoms with Gasteiger partial charge in [0.2, 0.25) is 0 Å². The summed E-state index contributed by atoms with van der Waals surface area (Å²) in [5.41, 5.74) is 6.54. The van der Waals surface area contributed by atoms with Gasteiger partial charge in [0.25, 0.3) is 5.91 Å². The van der Waals surface area contributed by atoms with E-state index in [0.717, 1.165) is 6.54 Å². The average Bonchev–Trinajstić information content (AvgIpc) is 2.42. The number of carbonyl (C=O) groups excluding carboxylic acids is 1. The fourth-order valence-corrected chi connectivity index (χ4v) is 1.48. The summed E-state index contributed by atoms with van der Waals surface area (Å²) in [6.07, 6.45) is 3.19. The molecule has 19 heavy (non-hydrogen) atoms. The highest BCUT2D eigenvalue weighted by molar-refractivity contribution is 5.96. The molecule has 1 heterocycles. The second-order valence-electron chi connectivity index (χ2n) is 4.46. The summed E-state index contributed by atoms with van der Waals surface area (Å²) in [5.74, 6) is 5.58. The lowest BCUT2D eigenvalue weighted by atomic mass is 10.1. The van der Waals surface area contributed by atoms with Crippen LogP contribution in [0, 0.1) is 11.8 Å². The van der Waals surface area contributed by atoms with Crippen molar-refractivity contribution in [3.63, 3.8) is 0 Å². The third-order valence-corrected chi connectivity index (χ3v) is 2.61. The average molecular weight is 260 g/mol. The Labute approximate surface area is 114 Å². The molecule has 0 fully saturated rings. The second-order valence-corrected chi connectivity index (χ2v) is 4.46. The first-order valence-corrected chi connectivity index (χ1v) is 6.09. The predicted molar refractivity (Wildman–Crippen MR) is 75.7 cm³/mol. The lowest BCUT2D eigenvalue weighted by molar-refractivity contribution is 0.0786. The monoisotopic (exact) mass is 260 g/mol. The lowest BCUT2D eigenvalue weighted by Gasteiger charge is -2.20. The molecule has 1 amide bonds. The summed E-state index contributed by atoms with van der Waals surface area (Å²) in [7, 11) is 5.73. The van der Waals surface area contributed by atoms with Gasteiger partial charge in [0.05, 0.1) is 17.7 Å². The minimum atomic E-state index is -0.0504. The van der Waals surface area contributed by atoms with Crippen molar-refractivity contribution < 1.29 is 4.79 Å². The van der Waals surface area contributed by atoms with Crippen LogP contribution in [0.1, 0.15) is 15.9 Å². The fourth-order valence-electron chi connectivity index (χ4n) is 1.48. The molecule has 1 aromatic rings. The molecular weight excluding hydrogens is 240 g/mol. The van der Waals surface area contributed by atoms with Gasteiger partial charge in [-0.2, -0.15) is 0 Å². The van der Waals surface area contributed by atoms with E-state index in [1.54, 1.807) is 30.4 Å². The largest absolute Gasteiger partial charge is 0.340 e. The van der Waals surface area contributed by atoms with Crippen LogP contribution in [0.15, 0.2) is 18.5 Å². The molecule has 5 heteroatoms. The molecule has 1 rings (SSSR count). The molecule has 0 aliphatic rings. The number of hydrogen-bond acceptors (Lipinski definition) is 4. The van der Waals surface area contributed by atoms with Gasteiger partial charge in [0.15, 0.2) is 0 Å². The van der Waals surface area contributed by atoms with Gasteiger partial charge in [-0.1, -0.05) is 11.8 Å². The Balaban J connectivity index is 2.87. The lowest BCUT2D eigenvalue weighted by Crippen LogP contribution is -2.33. The zero-order valence-electron chi connectivity index (χ0n) is 11.7. The van der Waals surface area contributed by atoms with Crippen molar-refractivity contribution in [3.05, 3.63) is 29.6 Å². The molecule has 0 aliphatic carbocycles. The van der Waals surface area contributed by atoms with Crippen molar-refractivity contribution in [1.29, 1.82) is 0 Å². The summed E-state index contributed by atoms with van der Waals surface area (Å²) < 4.78 is 0. The molecule has 0 aliphatic heterocycles. The minimum absolute atomic E-state index is 0.0504. The third kappa shape index (κ3) is 4.70. The molecule has 0 aromatic carbocycles. The second kappa shape index (κ2) is 7.52. The van der Waals surface area contributed by atoms with Gasteiger partial charge in [-0.3, -0.25) is 9.78 Å². The molecule has 0 unspecified atom stereocenters. The maximum absolute atomic E-state index is 12.3. The van der Waals surface area contributed by atoms with Crippen molar-refractivity contribution in [2.45, 2.75) is 0 Å². The van der Waals surface area contributed by atoms with Crippen molar-refractivity contribution in [3.8, 4) is 11.8 Å². The quantitative estimate of drug-likeness (QED) is 0.776. The third-order valence-electron chi connectivity index (χ3n) is 2.61. The highest BCUT2D eigenvalue weighted by Gasteiger charge is 2.14. The first kappa shape index (κ1) is 15.2. The van der Waals surface area contributed by atoms with Crippen LogP contribution < -0.4 is 5.73 Å². The molecule has 0 spiro atoms. The Bertz CT molecular complexity index is 488. The number of nitrogens with zero attached hydrogens (tertiary/aromatic N) is 3. The van der Waals surface area contributed by atoms with Crippen LogP contribution in [-0.2, 0) is 0 Å². The Morgan fingerprint density at radius 2 is 2.11 bits per heavy atom. The van der Waals surface area contributed by atoms with Crippen LogP contribution in [0.2, 0.25) is 0 Å². The van der Waals surface area contributed by atoms with Gasteiger partial charge in [0.1, 0.15) is 0 Å². The maximum Gasteiger partial charge on any atom is 0.255 e. The Kier molecular flexibility index (Phi) is 6.00. The van der Waals surface area contributed by atoms with E-state index in [-0.39, 0.29) is 12.5 Å². The predicted octanol–water partition coefficient (Wildman–Crippen LogP) is 0.0254. The summed E-state index contributed by atoms with van der Waals surface area (Å²) in [6.45, 7) is 1.74. The molecular formula is C14H20N4O.